The van der Waals surface area contributed by atoms with Crippen LogP contribution in [0.2, 0.25) is 5.02 Å². The van der Waals surface area contributed by atoms with Gasteiger partial charge in [-0.3, -0.25) is 4.79 Å². The van der Waals surface area contributed by atoms with Gasteiger partial charge >= 0.3 is 0 Å². The van der Waals surface area contributed by atoms with Gasteiger partial charge in [0.05, 0.1) is 24.6 Å². The molecule has 1 amide bonds. The molecule has 0 aliphatic carbocycles. The molecular formula is C27H31ClN2O5S2. The van der Waals surface area contributed by atoms with Crippen molar-refractivity contribution in [2.45, 2.75) is 43.7 Å². The number of nitrogens with zero attached hydrogens (tertiary/aromatic N) is 2. The van der Waals surface area contributed by atoms with E-state index in [4.69, 9.17) is 21.1 Å². The minimum Gasteiger partial charge on any atom is -0.493 e. The molecule has 37 heavy (non-hydrogen) atoms. The van der Waals surface area contributed by atoms with Crippen LogP contribution in [0.3, 0.4) is 0 Å². The van der Waals surface area contributed by atoms with Gasteiger partial charge in [-0.25, -0.2) is 8.42 Å². The Labute approximate surface area is 227 Å². The number of rotatable bonds is 10. The summed E-state index contributed by atoms with van der Waals surface area (Å²) in [4.78, 5) is 16.8. The molecule has 7 nitrogen and oxygen atoms in total. The predicted molar refractivity (Wildman–Crippen MR) is 146 cm³/mol. The monoisotopic (exact) mass is 562 g/mol. The van der Waals surface area contributed by atoms with Gasteiger partial charge in [-0.05, 0) is 73.2 Å². The highest BCUT2D eigenvalue weighted by molar-refractivity contribution is 7.89. The maximum Gasteiger partial charge on any atom is 0.243 e. The van der Waals surface area contributed by atoms with Gasteiger partial charge in [0.25, 0.3) is 0 Å². The summed E-state index contributed by atoms with van der Waals surface area (Å²) in [6.45, 7) is 4.17. The summed E-state index contributed by atoms with van der Waals surface area (Å²) in [7, 11) is -2.33. The van der Waals surface area contributed by atoms with Crippen molar-refractivity contribution in [3.63, 3.8) is 0 Å². The Bertz CT molecular complexity index is 1330. The fraction of sp³-hybridized carbons (Fsp3) is 0.370. The standard InChI is InChI=1S/C27H31ClN2O5S2/c1-4-19(2)30(37(32,33)21-11-9-20(28)10-12-21)17-27(31)29-15-13-26-22(14-16-36-26)23(29)18-35-25-8-6-5-7-24(25)34-3/h5-12,14,16,19,23H,4,13,15,17-18H2,1-3H3/t19-,23+/m0/s1. The van der Waals surface area contributed by atoms with Crippen LogP contribution >= 0.6 is 22.9 Å². The number of hydrogen-bond donors (Lipinski definition) is 0. The third-order valence-electron chi connectivity index (χ3n) is 6.67. The number of sulfonamides is 1. The molecule has 0 saturated carbocycles. The maximum absolute atomic E-state index is 13.8. The molecule has 2 atom stereocenters. The average Bonchev–Trinajstić information content (AvgIpc) is 3.39. The molecule has 0 fully saturated rings. The lowest BCUT2D eigenvalue weighted by Crippen LogP contribution is -2.49. The third-order valence-corrected chi connectivity index (χ3v) is 9.90. The summed E-state index contributed by atoms with van der Waals surface area (Å²) >= 11 is 7.63. The summed E-state index contributed by atoms with van der Waals surface area (Å²) in [5.74, 6) is 0.938. The molecule has 0 saturated heterocycles. The molecule has 4 rings (SSSR count). The summed E-state index contributed by atoms with van der Waals surface area (Å²) in [5.41, 5.74) is 1.04. The van der Waals surface area contributed by atoms with Crippen molar-refractivity contribution in [2.24, 2.45) is 0 Å². The lowest BCUT2D eigenvalue weighted by atomic mass is 10.0. The Morgan fingerprint density at radius 3 is 2.54 bits per heavy atom. The summed E-state index contributed by atoms with van der Waals surface area (Å²) in [5, 5.41) is 2.47. The van der Waals surface area contributed by atoms with E-state index in [1.807, 2.05) is 49.6 Å². The van der Waals surface area contributed by atoms with Gasteiger partial charge in [0.15, 0.2) is 11.5 Å². The number of carbonyl (C=O) groups is 1. The van der Waals surface area contributed by atoms with Crippen LogP contribution in [0, 0.1) is 0 Å². The number of hydrogen-bond acceptors (Lipinski definition) is 6. The van der Waals surface area contributed by atoms with Crippen molar-refractivity contribution in [3.05, 3.63) is 75.4 Å². The lowest BCUT2D eigenvalue weighted by molar-refractivity contribution is -0.135. The van der Waals surface area contributed by atoms with E-state index >= 15 is 0 Å². The van der Waals surface area contributed by atoms with Gasteiger partial charge in [-0.2, -0.15) is 4.31 Å². The van der Waals surface area contributed by atoms with Gasteiger partial charge in [0.1, 0.15) is 6.61 Å². The Kier molecular flexibility index (Phi) is 8.79. The van der Waals surface area contributed by atoms with E-state index in [9.17, 15) is 13.2 Å². The second-order valence-electron chi connectivity index (χ2n) is 8.88. The van der Waals surface area contributed by atoms with E-state index < -0.39 is 10.0 Å². The third kappa shape index (κ3) is 5.95. The first-order valence-corrected chi connectivity index (χ1v) is 14.8. The molecule has 1 aliphatic rings. The van der Waals surface area contributed by atoms with Crippen molar-refractivity contribution in [1.82, 2.24) is 9.21 Å². The number of para-hydroxylation sites is 2. The maximum atomic E-state index is 13.8. The van der Waals surface area contributed by atoms with Gasteiger partial charge in [0.2, 0.25) is 15.9 Å². The highest BCUT2D eigenvalue weighted by Gasteiger charge is 2.36. The van der Waals surface area contributed by atoms with Crippen LogP contribution < -0.4 is 9.47 Å². The number of amides is 1. The number of carbonyl (C=O) groups excluding carboxylic acids is 1. The molecule has 0 N–H and O–H groups in total. The first-order valence-electron chi connectivity index (χ1n) is 12.1. The largest absolute Gasteiger partial charge is 0.493 e. The minimum absolute atomic E-state index is 0.111. The molecule has 198 valence electrons. The molecule has 3 aromatic rings. The van der Waals surface area contributed by atoms with Crippen LogP contribution in [0.5, 0.6) is 11.5 Å². The highest BCUT2D eigenvalue weighted by Crippen LogP contribution is 2.35. The second kappa shape index (κ2) is 11.9. The molecule has 0 bridgehead atoms. The van der Waals surface area contributed by atoms with Crippen LogP contribution in [-0.2, 0) is 21.2 Å². The first kappa shape index (κ1) is 27.4. The Hall–Kier alpha value is -2.59. The van der Waals surface area contributed by atoms with Crippen LogP contribution in [-0.4, -0.2) is 56.4 Å². The fourth-order valence-corrected chi connectivity index (χ4v) is 7.14. The molecule has 0 spiro atoms. The van der Waals surface area contributed by atoms with Crippen LogP contribution in [0.4, 0.5) is 0 Å². The summed E-state index contributed by atoms with van der Waals surface area (Å²) < 4.78 is 40.0. The van der Waals surface area contributed by atoms with Crippen molar-refractivity contribution in [1.29, 1.82) is 0 Å². The van der Waals surface area contributed by atoms with Gasteiger partial charge in [-0.1, -0.05) is 30.7 Å². The quantitative estimate of drug-likeness (QED) is 0.330. The first-order chi connectivity index (χ1) is 17.8. The molecular weight excluding hydrogens is 532 g/mol. The minimum atomic E-state index is -3.91. The van der Waals surface area contributed by atoms with E-state index in [-0.39, 0.29) is 36.0 Å². The van der Waals surface area contributed by atoms with Gasteiger partial charge in [0, 0.05) is 22.5 Å². The number of fused-ring (bicyclic) bond motifs is 1. The Balaban J connectivity index is 1.60. The SMILES string of the molecule is CC[C@H](C)N(CC(=O)N1CCc2sccc2[C@H]1COc1ccccc1OC)S(=O)(=O)c1ccc(Cl)cc1. The van der Waals surface area contributed by atoms with Gasteiger partial charge in [-0.15, -0.1) is 11.3 Å². The van der Waals surface area contributed by atoms with Crippen molar-refractivity contribution in [2.75, 3.05) is 26.8 Å². The summed E-state index contributed by atoms with van der Waals surface area (Å²) in [6.07, 6.45) is 1.28. The lowest BCUT2D eigenvalue weighted by Gasteiger charge is -2.37. The fourth-order valence-electron chi connectivity index (χ4n) is 4.43. The van der Waals surface area contributed by atoms with E-state index in [0.717, 1.165) is 12.0 Å². The molecule has 0 radical (unpaired) electrons. The van der Waals surface area contributed by atoms with Crippen molar-refractivity contribution < 1.29 is 22.7 Å². The molecule has 1 aromatic heterocycles. The van der Waals surface area contributed by atoms with Crippen LogP contribution in [0.1, 0.15) is 36.8 Å². The van der Waals surface area contributed by atoms with E-state index in [2.05, 4.69) is 0 Å². The molecule has 1 aliphatic heterocycles. The van der Waals surface area contributed by atoms with E-state index in [0.29, 0.717) is 29.5 Å². The zero-order valence-corrected chi connectivity index (χ0v) is 23.5. The Morgan fingerprint density at radius 2 is 1.86 bits per heavy atom. The number of ether oxygens (including phenoxy) is 2. The molecule has 0 unspecified atom stereocenters. The zero-order chi connectivity index (χ0) is 26.6. The smallest absolute Gasteiger partial charge is 0.243 e. The number of benzene rings is 2. The average molecular weight is 563 g/mol. The molecule has 2 aromatic carbocycles. The summed E-state index contributed by atoms with van der Waals surface area (Å²) in [6, 6.07) is 14.7. The number of halogens is 1. The predicted octanol–water partition coefficient (Wildman–Crippen LogP) is 5.40. The Morgan fingerprint density at radius 1 is 1.16 bits per heavy atom. The number of methoxy groups -OCH3 is 1. The topological polar surface area (TPSA) is 76.2 Å². The van der Waals surface area contributed by atoms with E-state index in [1.54, 1.807) is 35.5 Å². The van der Waals surface area contributed by atoms with Crippen molar-refractivity contribution in [3.8, 4) is 11.5 Å². The molecule has 10 heteroatoms. The van der Waals surface area contributed by atoms with Crippen molar-refractivity contribution >= 4 is 38.9 Å². The van der Waals surface area contributed by atoms with Crippen LogP contribution in [0.15, 0.2) is 64.9 Å². The normalized spacial score (nSPS) is 16.4. The second-order valence-corrected chi connectivity index (χ2v) is 12.2. The number of thiophene rings is 1. The van der Waals surface area contributed by atoms with Gasteiger partial charge < -0.3 is 14.4 Å². The highest BCUT2D eigenvalue weighted by atomic mass is 35.5. The molecule has 2 heterocycles. The van der Waals surface area contributed by atoms with Crippen LogP contribution in [0.25, 0.3) is 0 Å². The van der Waals surface area contributed by atoms with E-state index in [1.165, 1.54) is 21.3 Å². The zero-order valence-electron chi connectivity index (χ0n) is 21.1.